The summed E-state index contributed by atoms with van der Waals surface area (Å²) >= 11 is 0. The van der Waals surface area contributed by atoms with Gasteiger partial charge in [-0.3, -0.25) is 14.6 Å². The number of ketones is 1. The second kappa shape index (κ2) is 12.7. The number of hydrogen-bond donors (Lipinski definition) is 1. The molecule has 9 heteroatoms. The van der Waals surface area contributed by atoms with Crippen molar-refractivity contribution in [2.45, 2.75) is 26.1 Å². The topological polar surface area (TPSA) is 107 Å². The highest BCUT2D eigenvalue weighted by molar-refractivity contribution is 6.46. The molecule has 0 aliphatic carbocycles. The summed E-state index contributed by atoms with van der Waals surface area (Å²) in [5, 5.41) is 11.7. The maximum Gasteiger partial charge on any atom is 0.295 e. The fraction of sp³-hybridized carbons (Fsp3) is 0.206. The number of ether oxygens (including phenoxy) is 4. The lowest BCUT2D eigenvalue weighted by Crippen LogP contribution is -2.29. The minimum Gasteiger partial charge on any atom is -0.507 e. The van der Waals surface area contributed by atoms with Crippen LogP contribution in [0, 0.1) is 6.92 Å². The zero-order valence-corrected chi connectivity index (χ0v) is 24.4. The van der Waals surface area contributed by atoms with Gasteiger partial charge in [-0.05, 0) is 65.6 Å². The third-order valence-corrected chi connectivity index (χ3v) is 7.32. The number of methoxy groups -OCH3 is 3. The zero-order chi connectivity index (χ0) is 30.5. The number of pyridine rings is 1. The van der Waals surface area contributed by atoms with Crippen LogP contribution in [0.15, 0.2) is 90.8 Å². The van der Waals surface area contributed by atoms with E-state index in [1.165, 1.54) is 26.2 Å². The summed E-state index contributed by atoms with van der Waals surface area (Å²) in [5.74, 6) is -0.178. The van der Waals surface area contributed by atoms with Gasteiger partial charge in [0.15, 0.2) is 11.5 Å². The Bertz CT molecular complexity index is 1640. The van der Waals surface area contributed by atoms with E-state index in [0.717, 1.165) is 11.1 Å². The van der Waals surface area contributed by atoms with Crippen LogP contribution in [0.25, 0.3) is 5.76 Å². The van der Waals surface area contributed by atoms with Crippen LogP contribution in [0.3, 0.4) is 0 Å². The molecule has 0 saturated carbocycles. The minimum absolute atomic E-state index is 0.0517. The van der Waals surface area contributed by atoms with Crippen LogP contribution in [0.5, 0.6) is 23.0 Å². The molecule has 1 aliphatic rings. The molecule has 4 aromatic rings. The molecule has 2 heterocycles. The third kappa shape index (κ3) is 5.88. The smallest absolute Gasteiger partial charge is 0.295 e. The summed E-state index contributed by atoms with van der Waals surface area (Å²) in [6.07, 6.45) is 3.26. The molecule has 1 fully saturated rings. The van der Waals surface area contributed by atoms with E-state index in [9.17, 15) is 14.7 Å². The lowest BCUT2D eigenvalue weighted by molar-refractivity contribution is -0.140. The second-order valence-corrected chi connectivity index (χ2v) is 10.00. The van der Waals surface area contributed by atoms with Crippen molar-refractivity contribution in [1.82, 2.24) is 9.88 Å². The number of aromatic nitrogens is 1. The van der Waals surface area contributed by atoms with Crippen molar-refractivity contribution < 1.29 is 33.6 Å². The average molecular weight is 581 g/mol. The van der Waals surface area contributed by atoms with E-state index >= 15 is 0 Å². The Morgan fingerprint density at radius 2 is 1.58 bits per heavy atom. The Labute approximate surface area is 249 Å². The highest BCUT2D eigenvalue weighted by Gasteiger charge is 2.46. The summed E-state index contributed by atoms with van der Waals surface area (Å²) < 4.78 is 22.5. The SMILES string of the molecule is COc1cc([C@@H]2C(=C(O)c3ccc(OCc4ccccc4)cc3C)C(=O)C(=O)N2Cc2cccnc2)cc(OC)c1OC. The average Bonchev–Trinajstić information content (AvgIpc) is 3.28. The molecule has 0 unspecified atom stereocenters. The molecule has 1 atom stereocenters. The van der Waals surface area contributed by atoms with Gasteiger partial charge in [0.05, 0.1) is 32.9 Å². The van der Waals surface area contributed by atoms with Crippen molar-refractivity contribution in [2.24, 2.45) is 0 Å². The molecule has 1 aliphatic heterocycles. The molecule has 1 saturated heterocycles. The first kappa shape index (κ1) is 29.2. The van der Waals surface area contributed by atoms with Crippen LogP contribution in [-0.4, -0.2) is 48.0 Å². The molecule has 0 spiro atoms. The van der Waals surface area contributed by atoms with Gasteiger partial charge in [0.25, 0.3) is 11.7 Å². The first-order valence-electron chi connectivity index (χ1n) is 13.6. The first-order chi connectivity index (χ1) is 20.9. The number of amides is 1. The monoisotopic (exact) mass is 580 g/mol. The molecule has 220 valence electrons. The highest BCUT2D eigenvalue weighted by Crippen LogP contribution is 2.46. The van der Waals surface area contributed by atoms with Gasteiger partial charge in [-0.25, -0.2) is 0 Å². The molecule has 1 N–H and O–H groups in total. The van der Waals surface area contributed by atoms with Gasteiger partial charge >= 0.3 is 0 Å². The van der Waals surface area contributed by atoms with Crippen molar-refractivity contribution >= 4 is 17.4 Å². The van der Waals surface area contributed by atoms with Gasteiger partial charge < -0.3 is 29.0 Å². The number of rotatable bonds is 10. The number of aliphatic hydroxyl groups is 1. The van der Waals surface area contributed by atoms with Crippen LogP contribution >= 0.6 is 0 Å². The normalized spacial score (nSPS) is 15.8. The van der Waals surface area contributed by atoms with Gasteiger partial charge in [-0.15, -0.1) is 0 Å². The summed E-state index contributed by atoms with van der Waals surface area (Å²) in [4.78, 5) is 32.7. The fourth-order valence-corrected chi connectivity index (χ4v) is 5.21. The van der Waals surface area contributed by atoms with Gasteiger partial charge in [0, 0.05) is 24.5 Å². The number of nitrogens with zero attached hydrogens (tertiary/aromatic N) is 2. The Morgan fingerprint density at radius 3 is 2.19 bits per heavy atom. The van der Waals surface area contributed by atoms with E-state index in [4.69, 9.17) is 18.9 Å². The van der Waals surface area contributed by atoms with E-state index < -0.39 is 17.7 Å². The van der Waals surface area contributed by atoms with Gasteiger partial charge in [0.2, 0.25) is 5.75 Å². The summed E-state index contributed by atoms with van der Waals surface area (Å²) in [6, 6.07) is 20.9. The lowest BCUT2D eigenvalue weighted by Gasteiger charge is -2.26. The van der Waals surface area contributed by atoms with Gasteiger partial charge in [-0.2, -0.15) is 0 Å². The maximum atomic E-state index is 13.6. The van der Waals surface area contributed by atoms with E-state index in [1.807, 2.05) is 43.3 Å². The van der Waals surface area contributed by atoms with Gasteiger partial charge in [-0.1, -0.05) is 36.4 Å². The van der Waals surface area contributed by atoms with Crippen LogP contribution in [-0.2, 0) is 22.7 Å². The Morgan fingerprint density at radius 1 is 0.884 bits per heavy atom. The fourth-order valence-electron chi connectivity index (χ4n) is 5.21. The van der Waals surface area contributed by atoms with E-state index in [-0.39, 0.29) is 17.9 Å². The molecule has 43 heavy (non-hydrogen) atoms. The number of aryl methyl sites for hydroxylation is 1. The van der Waals surface area contributed by atoms with Crippen LogP contribution < -0.4 is 18.9 Å². The highest BCUT2D eigenvalue weighted by atomic mass is 16.5. The van der Waals surface area contributed by atoms with Crippen molar-refractivity contribution in [3.63, 3.8) is 0 Å². The molecule has 0 bridgehead atoms. The van der Waals surface area contributed by atoms with Crippen LogP contribution in [0.1, 0.15) is 33.9 Å². The first-order valence-corrected chi connectivity index (χ1v) is 13.6. The molecule has 9 nitrogen and oxygen atoms in total. The van der Waals surface area contributed by atoms with Crippen molar-refractivity contribution in [3.05, 3.63) is 119 Å². The third-order valence-electron chi connectivity index (χ3n) is 7.32. The second-order valence-electron chi connectivity index (χ2n) is 10.00. The molecule has 5 rings (SSSR count). The molecule has 0 radical (unpaired) electrons. The van der Waals surface area contributed by atoms with E-state index in [0.29, 0.717) is 46.3 Å². The zero-order valence-electron chi connectivity index (χ0n) is 24.4. The Hall–Kier alpha value is -5.31. The quantitative estimate of drug-likeness (QED) is 0.146. The molecule has 1 amide bonds. The summed E-state index contributed by atoms with van der Waals surface area (Å²) in [6.45, 7) is 2.28. The maximum absolute atomic E-state index is 13.6. The number of hydrogen-bond acceptors (Lipinski definition) is 8. The predicted octanol–water partition coefficient (Wildman–Crippen LogP) is 5.62. The number of benzene rings is 3. The van der Waals surface area contributed by atoms with Crippen LogP contribution in [0.4, 0.5) is 0 Å². The summed E-state index contributed by atoms with van der Waals surface area (Å²) in [5.41, 5.74) is 3.27. The number of likely N-dealkylation sites (tertiary alicyclic amines) is 1. The molecular weight excluding hydrogens is 548 g/mol. The molecule has 1 aromatic heterocycles. The van der Waals surface area contributed by atoms with Crippen molar-refractivity contribution in [2.75, 3.05) is 21.3 Å². The largest absolute Gasteiger partial charge is 0.507 e. The Kier molecular flexibility index (Phi) is 8.61. The predicted molar refractivity (Wildman–Crippen MR) is 160 cm³/mol. The standard InChI is InChI=1S/C34H32N2O7/c1-21-15-25(43-20-22-9-6-5-7-10-22)12-13-26(21)31(37)29-30(24-16-27(40-2)33(42-4)28(17-24)41-3)36(34(39)32(29)38)19-23-11-8-14-35-18-23/h5-18,30,37H,19-20H2,1-4H3/t30-/m1/s1. The van der Waals surface area contributed by atoms with Crippen LogP contribution in [0.2, 0.25) is 0 Å². The number of aliphatic hydroxyl groups excluding tert-OH is 1. The van der Waals surface area contributed by atoms with Crippen molar-refractivity contribution in [3.8, 4) is 23.0 Å². The Balaban J connectivity index is 1.60. The number of carbonyl (C=O) groups is 2. The van der Waals surface area contributed by atoms with Crippen molar-refractivity contribution in [1.29, 1.82) is 0 Å². The van der Waals surface area contributed by atoms with E-state index in [1.54, 1.807) is 48.8 Å². The number of Topliss-reactive ketones (excluding diaryl/α,β-unsaturated/α-hetero) is 1. The summed E-state index contributed by atoms with van der Waals surface area (Å²) in [7, 11) is 4.46. The van der Waals surface area contributed by atoms with Gasteiger partial charge in [0.1, 0.15) is 18.1 Å². The lowest BCUT2D eigenvalue weighted by atomic mass is 9.93. The minimum atomic E-state index is -0.956. The molecule has 3 aromatic carbocycles. The molecular formula is C34H32N2O7. The van der Waals surface area contributed by atoms with E-state index in [2.05, 4.69) is 4.98 Å². The number of carbonyl (C=O) groups excluding carboxylic acids is 2.